The van der Waals surface area contributed by atoms with E-state index in [0.717, 1.165) is 0 Å². The van der Waals surface area contributed by atoms with Crippen molar-refractivity contribution in [2.75, 3.05) is 12.3 Å². The fourth-order valence-corrected chi connectivity index (χ4v) is 4.16. The summed E-state index contributed by atoms with van der Waals surface area (Å²) in [5.41, 5.74) is 5.75. The van der Waals surface area contributed by atoms with E-state index in [1.165, 1.54) is 4.90 Å². The molecule has 29 heavy (non-hydrogen) atoms. The monoisotopic (exact) mass is 391 g/mol. The highest BCUT2D eigenvalue weighted by molar-refractivity contribution is 6.14. The van der Waals surface area contributed by atoms with Gasteiger partial charge >= 0.3 is 5.97 Å². The summed E-state index contributed by atoms with van der Waals surface area (Å²) in [5.74, 6) is 1.89. The van der Waals surface area contributed by atoms with Gasteiger partial charge in [0.2, 0.25) is 5.91 Å². The van der Waals surface area contributed by atoms with Gasteiger partial charge in [-0.25, -0.2) is 4.79 Å². The van der Waals surface area contributed by atoms with Crippen molar-refractivity contribution >= 4 is 17.9 Å². The number of benzene rings is 1. The minimum absolute atomic E-state index is 0.0174. The van der Waals surface area contributed by atoms with Crippen LogP contribution < -0.4 is 5.73 Å². The van der Waals surface area contributed by atoms with Gasteiger partial charge in [0.05, 0.1) is 12.1 Å². The number of aromatic nitrogens is 1. The maximum Gasteiger partial charge on any atom is 0.338 e. The van der Waals surface area contributed by atoms with Crippen LogP contribution in [0.1, 0.15) is 39.0 Å². The lowest BCUT2D eigenvalue weighted by molar-refractivity contribution is -0.151. The summed E-state index contributed by atoms with van der Waals surface area (Å²) in [6, 6.07) is 7.15. The van der Waals surface area contributed by atoms with Crippen molar-refractivity contribution in [1.29, 1.82) is 0 Å². The average Bonchev–Trinajstić information content (AvgIpc) is 3.20. The van der Waals surface area contributed by atoms with Crippen molar-refractivity contribution in [3.8, 4) is 23.7 Å². The van der Waals surface area contributed by atoms with Gasteiger partial charge in [-0.2, -0.15) is 4.98 Å². The maximum absolute atomic E-state index is 13.8. The number of hydrogen-bond donors (Lipinski definition) is 1. The molecule has 1 aromatic carbocycles. The quantitative estimate of drug-likeness (QED) is 0.624. The third-order valence-corrected chi connectivity index (χ3v) is 5.13. The number of nitrogens with zero attached hydrogens (tertiary/aromatic N) is 2. The number of oxazole rings is 1. The van der Waals surface area contributed by atoms with Crippen LogP contribution in [0.15, 0.2) is 40.0 Å². The van der Waals surface area contributed by atoms with E-state index in [0.29, 0.717) is 28.3 Å². The number of nitrogens with two attached hydrogens (primary N) is 1. The molecule has 1 aliphatic heterocycles. The summed E-state index contributed by atoms with van der Waals surface area (Å²) in [4.78, 5) is 32.9. The molecule has 4 rings (SSSR count). The molecule has 2 heterocycles. The first-order valence-electron chi connectivity index (χ1n) is 9.19. The second-order valence-corrected chi connectivity index (χ2v) is 8.08. The Morgan fingerprint density at radius 2 is 2.07 bits per heavy atom. The molecular weight excluding hydrogens is 370 g/mol. The summed E-state index contributed by atoms with van der Waals surface area (Å²) in [7, 11) is 0. The second kappa shape index (κ2) is 5.98. The number of carbonyl (C=O) groups is 2. The van der Waals surface area contributed by atoms with E-state index in [4.69, 9.17) is 21.3 Å². The molecule has 7 nitrogen and oxygen atoms in total. The highest BCUT2D eigenvalue weighted by Crippen LogP contribution is 2.57. The van der Waals surface area contributed by atoms with E-state index in [9.17, 15) is 9.59 Å². The average molecular weight is 391 g/mol. The first-order valence-corrected chi connectivity index (χ1v) is 9.19. The highest BCUT2D eigenvalue weighted by Gasteiger charge is 2.63. The lowest BCUT2D eigenvalue weighted by atomic mass is 9.74. The van der Waals surface area contributed by atoms with Crippen LogP contribution in [0.4, 0.5) is 6.01 Å². The van der Waals surface area contributed by atoms with Gasteiger partial charge in [0.25, 0.3) is 6.01 Å². The molecule has 0 bridgehead atoms. The second-order valence-electron chi connectivity index (χ2n) is 8.08. The van der Waals surface area contributed by atoms with Crippen molar-refractivity contribution in [3.63, 3.8) is 0 Å². The molecule has 7 heteroatoms. The molecule has 0 radical (unpaired) electrons. The summed E-state index contributed by atoms with van der Waals surface area (Å²) < 4.78 is 11.3. The molecule has 148 valence electrons. The molecule has 0 saturated heterocycles. The molecule has 2 aromatic rings. The van der Waals surface area contributed by atoms with Gasteiger partial charge in [-0.1, -0.05) is 30.2 Å². The zero-order valence-corrected chi connectivity index (χ0v) is 16.7. The molecule has 1 aliphatic carbocycles. The number of nitrogen functional groups attached to an aromatic ring is 1. The topological polar surface area (TPSA) is 98.7 Å². The Kier molecular flexibility index (Phi) is 3.88. The van der Waals surface area contributed by atoms with Gasteiger partial charge in [0, 0.05) is 11.3 Å². The normalized spacial score (nSPS) is 20.1. The van der Waals surface area contributed by atoms with Gasteiger partial charge in [-0.3, -0.25) is 4.79 Å². The van der Waals surface area contributed by atoms with E-state index < -0.39 is 17.0 Å². The minimum Gasteiger partial charge on any atom is -0.457 e. The van der Waals surface area contributed by atoms with Crippen molar-refractivity contribution in [2.24, 2.45) is 0 Å². The van der Waals surface area contributed by atoms with Gasteiger partial charge in [-0.15, -0.1) is 6.42 Å². The molecule has 0 saturated carbocycles. The van der Waals surface area contributed by atoms with E-state index >= 15 is 0 Å². The Hall–Kier alpha value is -3.53. The predicted molar refractivity (Wildman–Crippen MR) is 106 cm³/mol. The number of hydrogen-bond acceptors (Lipinski definition) is 6. The number of rotatable bonds is 2. The fraction of sp³-hybridized carbons (Fsp3) is 0.318. The van der Waals surface area contributed by atoms with Gasteiger partial charge < -0.3 is 19.8 Å². The fourth-order valence-electron chi connectivity index (χ4n) is 4.16. The van der Waals surface area contributed by atoms with Crippen molar-refractivity contribution < 1.29 is 18.7 Å². The molecule has 2 aliphatic rings. The summed E-state index contributed by atoms with van der Waals surface area (Å²) in [5, 5.41) is 0. The lowest BCUT2D eigenvalue weighted by Gasteiger charge is -2.28. The SMILES string of the molecule is C#CCN1C(=O)C2(C(C(=O)OC(C)(C)C)=C1C)c1ccccc1-c1oc(N)nc12. The minimum atomic E-state index is -1.50. The van der Waals surface area contributed by atoms with Crippen LogP contribution >= 0.6 is 0 Å². The molecular formula is C22H21N3O4. The summed E-state index contributed by atoms with van der Waals surface area (Å²) in [6.45, 7) is 7.01. The molecule has 1 amide bonds. The van der Waals surface area contributed by atoms with E-state index in [1.54, 1.807) is 39.8 Å². The van der Waals surface area contributed by atoms with Gasteiger partial charge in [0.15, 0.2) is 11.2 Å². The van der Waals surface area contributed by atoms with E-state index in [1.807, 2.05) is 12.1 Å². The van der Waals surface area contributed by atoms with Crippen LogP contribution in [0.25, 0.3) is 11.3 Å². The first kappa shape index (κ1) is 18.8. The van der Waals surface area contributed by atoms with Crippen molar-refractivity contribution in [1.82, 2.24) is 9.88 Å². The Labute approximate surface area is 168 Å². The van der Waals surface area contributed by atoms with Gasteiger partial charge in [0.1, 0.15) is 11.3 Å². The number of ether oxygens (including phenoxy) is 1. The molecule has 1 unspecified atom stereocenters. The largest absolute Gasteiger partial charge is 0.457 e. The Morgan fingerprint density at radius 3 is 2.72 bits per heavy atom. The lowest BCUT2D eigenvalue weighted by Crippen LogP contribution is -2.43. The van der Waals surface area contributed by atoms with E-state index in [2.05, 4.69) is 10.9 Å². The summed E-state index contributed by atoms with van der Waals surface area (Å²) >= 11 is 0. The molecule has 0 fully saturated rings. The van der Waals surface area contributed by atoms with Crippen LogP contribution in [0.2, 0.25) is 0 Å². The summed E-state index contributed by atoms with van der Waals surface area (Å²) in [6.07, 6.45) is 5.50. The molecule has 2 N–H and O–H groups in total. The predicted octanol–water partition coefficient (Wildman–Crippen LogP) is 2.61. The zero-order chi connectivity index (χ0) is 21.1. The number of anilines is 1. The third kappa shape index (κ3) is 2.42. The molecule has 1 atom stereocenters. The Bertz CT molecular complexity index is 1130. The molecule has 1 spiro atoms. The van der Waals surface area contributed by atoms with E-state index in [-0.39, 0.29) is 24.0 Å². The first-order chi connectivity index (χ1) is 13.6. The number of carbonyl (C=O) groups excluding carboxylic acids is 2. The molecule has 1 aromatic heterocycles. The third-order valence-electron chi connectivity index (χ3n) is 5.13. The number of esters is 1. The van der Waals surface area contributed by atoms with Crippen LogP contribution in [-0.2, 0) is 19.7 Å². The smallest absolute Gasteiger partial charge is 0.338 e. The zero-order valence-electron chi connectivity index (χ0n) is 16.7. The van der Waals surface area contributed by atoms with Crippen LogP contribution in [0.5, 0.6) is 0 Å². The maximum atomic E-state index is 13.8. The van der Waals surface area contributed by atoms with Crippen LogP contribution in [0.3, 0.4) is 0 Å². The van der Waals surface area contributed by atoms with Crippen molar-refractivity contribution in [3.05, 3.63) is 46.8 Å². The van der Waals surface area contributed by atoms with Crippen LogP contribution in [-0.4, -0.2) is 33.9 Å². The van der Waals surface area contributed by atoms with Crippen LogP contribution in [0, 0.1) is 12.3 Å². The standard InChI is InChI=1S/C22H21N3O4/c1-6-11-25-12(2)15(18(26)29-21(3,4)5)22(19(25)27)14-10-8-7-9-13(14)16-17(22)24-20(23)28-16/h1,7-10H,11H2,2-5H3,(H2,23,24). The highest BCUT2D eigenvalue weighted by atomic mass is 16.6. The number of terminal acetylenes is 1. The van der Waals surface area contributed by atoms with Gasteiger partial charge in [-0.05, 0) is 33.3 Å². The Balaban J connectivity index is 2.06. The van der Waals surface area contributed by atoms with Crippen molar-refractivity contribution in [2.45, 2.75) is 38.7 Å². The number of fused-ring (bicyclic) bond motifs is 5. The number of amides is 1. The Morgan fingerprint density at radius 1 is 1.38 bits per heavy atom. The number of allylic oxidation sites excluding steroid dienone is 1.